The van der Waals surface area contributed by atoms with Crippen molar-refractivity contribution < 1.29 is 4.39 Å². The van der Waals surface area contributed by atoms with E-state index in [4.69, 9.17) is 11.6 Å². The van der Waals surface area contributed by atoms with Crippen molar-refractivity contribution in [1.82, 2.24) is 10.2 Å². The van der Waals surface area contributed by atoms with E-state index in [0.717, 1.165) is 0 Å². The van der Waals surface area contributed by atoms with Crippen LogP contribution in [0.5, 0.6) is 0 Å². The molecule has 0 amide bonds. The maximum atomic E-state index is 12.8. The predicted molar refractivity (Wildman–Crippen MR) is 51.3 cm³/mol. The summed E-state index contributed by atoms with van der Waals surface area (Å²) in [5.74, 6) is 0. The molecule has 1 aromatic heterocycles. The van der Waals surface area contributed by atoms with Crippen LogP contribution in [0.25, 0.3) is 0 Å². The Bertz CT molecular complexity index is 394. The van der Waals surface area contributed by atoms with Crippen LogP contribution >= 0.6 is 11.6 Å². The molecule has 0 unspecified atom stereocenters. The van der Waals surface area contributed by atoms with Gasteiger partial charge in [-0.15, -0.1) is 0 Å². The molecule has 2 heterocycles. The molecule has 4 nitrogen and oxygen atoms in total. The molecule has 0 bridgehead atoms. The Hall–Kier alpha value is -1.10. The molecular formula is C8H8ClFN3O. The number of hydrogen-bond donors (Lipinski definition) is 1. The van der Waals surface area contributed by atoms with Gasteiger partial charge in [-0.3, -0.25) is 4.79 Å². The lowest BCUT2D eigenvalue weighted by Gasteiger charge is -2.17. The molecule has 2 rings (SSSR count). The summed E-state index contributed by atoms with van der Waals surface area (Å²) >= 11 is 5.76. The molecule has 1 aliphatic heterocycles. The lowest BCUT2D eigenvalue weighted by molar-refractivity contribution is 0.409. The van der Waals surface area contributed by atoms with Crippen LogP contribution in [0.3, 0.4) is 0 Å². The van der Waals surface area contributed by atoms with E-state index in [9.17, 15) is 9.18 Å². The van der Waals surface area contributed by atoms with Crippen molar-refractivity contribution in [1.29, 1.82) is 0 Å². The second-order valence-electron chi connectivity index (χ2n) is 3.06. The fourth-order valence-corrected chi connectivity index (χ4v) is 1.60. The van der Waals surface area contributed by atoms with Gasteiger partial charge in [-0.1, -0.05) is 11.6 Å². The number of nitrogens with one attached hydrogen (secondary N) is 1. The van der Waals surface area contributed by atoms with Crippen molar-refractivity contribution in [2.75, 3.05) is 18.0 Å². The van der Waals surface area contributed by atoms with Gasteiger partial charge in [-0.05, 0) is 0 Å². The number of aromatic amines is 1. The molecule has 1 fully saturated rings. The maximum absolute atomic E-state index is 12.8. The van der Waals surface area contributed by atoms with Crippen molar-refractivity contribution in [2.45, 2.75) is 6.17 Å². The highest BCUT2D eigenvalue weighted by molar-refractivity contribution is 6.33. The number of aromatic nitrogens is 2. The molecule has 0 spiro atoms. The van der Waals surface area contributed by atoms with E-state index >= 15 is 0 Å². The summed E-state index contributed by atoms with van der Waals surface area (Å²) in [6, 6.07) is 0. The van der Waals surface area contributed by atoms with Crippen LogP contribution in [-0.2, 0) is 0 Å². The number of halogens is 2. The molecule has 14 heavy (non-hydrogen) atoms. The van der Waals surface area contributed by atoms with Crippen molar-refractivity contribution >= 4 is 17.3 Å². The molecule has 1 radical (unpaired) electrons. The molecule has 6 heteroatoms. The zero-order valence-electron chi connectivity index (χ0n) is 7.20. The minimum absolute atomic E-state index is 0.0579. The minimum atomic E-state index is -0.967. The molecule has 0 saturated carbocycles. The Morgan fingerprint density at radius 3 is 3.14 bits per heavy atom. The largest absolute Gasteiger partial charge is 0.366 e. The maximum Gasteiger partial charge on any atom is 0.285 e. The molecule has 1 aliphatic rings. The van der Waals surface area contributed by atoms with Crippen LogP contribution in [0.2, 0.25) is 5.02 Å². The summed E-state index contributed by atoms with van der Waals surface area (Å²) in [4.78, 5) is 12.8. The summed E-state index contributed by atoms with van der Waals surface area (Å²) in [6.45, 7) is 0.677. The predicted octanol–water partition coefficient (Wildman–Crippen LogP) is 0.786. The SMILES string of the molecule is O=c1[nH]ncc(N2C[CH][C@H](F)C2)c1Cl. The van der Waals surface area contributed by atoms with Gasteiger partial charge >= 0.3 is 0 Å². The topological polar surface area (TPSA) is 49.0 Å². The van der Waals surface area contributed by atoms with Crippen molar-refractivity contribution in [2.24, 2.45) is 0 Å². The summed E-state index contributed by atoms with van der Waals surface area (Å²) in [5.41, 5.74) is 0.0262. The first-order valence-corrected chi connectivity index (χ1v) is 4.52. The molecule has 1 saturated heterocycles. The van der Waals surface area contributed by atoms with Gasteiger partial charge in [0.15, 0.2) is 0 Å². The number of H-pyrrole nitrogens is 1. The van der Waals surface area contributed by atoms with E-state index in [-0.39, 0.29) is 11.6 Å². The lowest BCUT2D eigenvalue weighted by atomic mass is 10.3. The number of hydrogen-bond acceptors (Lipinski definition) is 3. The Labute approximate surface area is 84.7 Å². The first-order valence-electron chi connectivity index (χ1n) is 4.14. The van der Waals surface area contributed by atoms with Crippen molar-refractivity contribution in [3.05, 3.63) is 28.0 Å². The number of rotatable bonds is 1. The average Bonchev–Trinajstić information content (AvgIpc) is 2.57. The average molecular weight is 217 g/mol. The summed E-state index contributed by atoms with van der Waals surface area (Å²) in [5, 5.41) is 5.88. The molecule has 0 aliphatic carbocycles. The number of anilines is 1. The van der Waals surface area contributed by atoms with E-state index in [1.165, 1.54) is 12.6 Å². The Morgan fingerprint density at radius 2 is 2.50 bits per heavy atom. The quantitative estimate of drug-likeness (QED) is 0.755. The molecule has 1 N–H and O–H groups in total. The van der Waals surface area contributed by atoms with E-state index < -0.39 is 11.7 Å². The number of nitrogens with zero attached hydrogens (tertiary/aromatic N) is 2. The van der Waals surface area contributed by atoms with Crippen LogP contribution in [0.1, 0.15) is 0 Å². The molecular weight excluding hydrogens is 209 g/mol. The third-order valence-electron chi connectivity index (χ3n) is 2.09. The minimum Gasteiger partial charge on any atom is -0.366 e. The van der Waals surface area contributed by atoms with Gasteiger partial charge in [0.05, 0.1) is 11.9 Å². The molecule has 75 valence electrons. The van der Waals surface area contributed by atoms with Gasteiger partial charge in [0.25, 0.3) is 5.56 Å². The smallest absolute Gasteiger partial charge is 0.285 e. The molecule has 0 aromatic carbocycles. The van der Waals surface area contributed by atoms with Gasteiger partial charge < -0.3 is 4.90 Å². The van der Waals surface area contributed by atoms with Crippen LogP contribution in [-0.4, -0.2) is 29.5 Å². The highest BCUT2D eigenvalue weighted by Crippen LogP contribution is 2.24. The lowest BCUT2D eigenvalue weighted by Crippen LogP contribution is -2.23. The molecule has 1 aromatic rings. The van der Waals surface area contributed by atoms with Gasteiger partial charge in [0.1, 0.15) is 11.2 Å². The van der Waals surface area contributed by atoms with Crippen LogP contribution < -0.4 is 10.5 Å². The Morgan fingerprint density at radius 1 is 1.71 bits per heavy atom. The fourth-order valence-electron chi connectivity index (χ4n) is 1.39. The third kappa shape index (κ3) is 1.59. The highest BCUT2D eigenvalue weighted by Gasteiger charge is 2.24. The summed E-state index contributed by atoms with van der Waals surface area (Å²) in [7, 11) is 0. The zero-order chi connectivity index (χ0) is 10.1. The van der Waals surface area contributed by atoms with E-state index in [1.807, 2.05) is 0 Å². The second-order valence-corrected chi connectivity index (χ2v) is 3.43. The Kier molecular flexibility index (Phi) is 2.41. The van der Waals surface area contributed by atoms with Gasteiger partial charge in [-0.25, -0.2) is 9.49 Å². The first kappa shape index (κ1) is 9.45. The third-order valence-corrected chi connectivity index (χ3v) is 2.46. The van der Waals surface area contributed by atoms with E-state index in [1.54, 1.807) is 4.90 Å². The van der Waals surface area contributed by atoms with Crippen LogP contribution in [0, 0.1) is 6.42 Å². The number of alkyl halides is 1. The zero-order valence-corrected chi connectivity index (χ0v) is 7.96. The summed E-state index contributed by atoms with van der Waals surface area (Å²) < 4.78 is 12.8. The van der Waals surface area contributed by atoms with E-state index in [0.29, 0.717) is 12.2 Å². The van der Waals surface area contributed by atoms with Crippen molar-refractivity contribution in [3.63, 3.8) is 0 Å². The molecule has 1 atom stereocenters. The van der Waals surface area contributed by atoms with E-state index in [2.05, 4.69) is 10.2 Å². The van der Waals surface area contributed by atoms with Crippen LogP contribution in [0.4, 0.5) is 10.1 Å². The van der Waals surface area contributed by atoms with Gasteiger partial charge in [0.2, 0.25) is 0 Å². The fraction of sp³-hybridized carbons (Fsp3) is 0.375. The first-order chi connectivity index (χ1) is 6.68. The van der Waals surface area contributed by atoms with Crippen molar-refractivity contribution in [3.8, 4) is 0 Å². The Balaban J connectivity index is 2.33. The second kappa shape index (κ2) is 3.57. The monoisotopic (exact) mass is 216 g/mol. The standard InChI is InChI=1S/C8H8ClFN3O/c9-7-6(3-11-12-8(7)14)13-2-1-5(10)4-13/h1,3,5H,2,4H2,(H,12,14)/t5-/m0/s1. The highest BCUT2D eigenvalue weighted by atomic mass is 35.5. The normalized spacial score (nSPS) is 21.6. The van der Waals surface area contributed by atoms with Gasteiger partial charge in [0, 0.05) is 19.5 Å². The van der Waals surface area contributed by atoms with Gasteiger partial charge in [-0.2, -0.15) is 5.10 Å². The summed E-state index contributed by atoms with van der Waals surface area (Å²) in [6.07, 6.45) is 1.98. The van der Waals surface area contributed by atoms with Crippen LogP contribution in [0.15, 0.2) is 11.0 Å².